The number of nitrogens with zero attached hydrogens (tertiary/aromatic N) is 2. The molecule has 0 saturated carbocycles. The van der Waals surface area contributed by atoms with Crippen molar-refractivity contribution in [2.75, 3.05) is 0 Å². The molecule has 72 valence electrons. The van der Waals surface area contributed by atoms with Gasteiger partial charge < -0.3 is 5.11 Å². The van der Waals surface area contributed by atoms with Crippen LogP contribution in [0.1, 0.15) is 5.56 Å². The summed E-state index contributed by atoms with van der Waals surface area (Å²) < 4.78 is 4.49. The first-order valence-electron chi connectivity index (χ1n) is 4.04. The maximum absolute atomic E-state index is 8.93. The maximum atomic E-state index is 8.93. The topological polar surface area (TPSA) is 46.0 Å². The number of benzene rings is 1. The fraction of sp³-hybridized carbons (Fsp3) is 0.111. The Morgan fingerprint density at radius 3 is 2.71 bits per heavy atom. The Bertz CT molecular complexity index is 402. The van der Waals surface area contributed by atoms with Gasteiger partial charge in [-0.15, -0.1) is 4.37 Å². The first-order chi connectivity index (χ1) is 6.84. The molecule has 3 nitrogen and oxygen atoms in total. The molecule has 5 heteroatoms. The summed E-state index contributed by atoms with van der Waals surface area (Å²) in [6, 6.07) is 10.00. The molecule has 2 rings (SSSR count). The lowest BCUT2D eigenvalue weighted by Gasteiger charge is -1.96. The summed E-state index contributed by atoms with van der Waals surface area (Å²) in [5, 5.41) is 8.93. The van der Waals surface area contributed by atoms with Crippen LogP contribution in [0.25, 0.3) is 0 Å². The SMILES string of the molecule is Oc1nsc(SCc2ccccc2)n1. The van der Waals surface area contributed by atoms with Crippen molar-refractivity contribution in [2.24, 2.45) is 0 Å². The second kappa shape index (κ2) is 4.43. The largest absolute Gasteiger partial charge is 0.478 e. The van der Waals surface area contributed by atoms with Crippen LogP contribution in [0.3, 0.4) is 0 Å². The van der Waals surface area contributed by atoms with E-state index in [0.29, 0.717) is 0 Å². The highest BCUT2D eigenvalue weighted by molar-refractivity contribution is 8.00. The van der Waals surface area contributed by atoms with E-state index in [0.717, 1.165) is 10.1 Å². The molecule has 1 N–H and O–H groups in total. The number of thioether (sulfide) groups is 1. The van der Waals surface area contributed by atoms with Crippen molar-refractivity contribution in [3.05, 3.63) is 35.9 Å². The van der Waals surface area contributed by atoms with E-state index in [1.165, 1.54) is 17.1 Å². The van der Waals surface area contributed by atoms with Crippen LogP contribution in [0.15, 0.2) is 34.7 Å². The van der Waals surface area contributed by atoms with E-state index in [1.807, 2.05) is 18.2 Å². The minimum absolute atomic E-state index is 0.134. The molecule has 0 bridgehead atoms. The zero-order valence-electron chi connectivity index (χ0n) is 7.25. The van der Waals surface area contributed by atoms with Crippen molar-refractivity contribution in [3.63, 3.8) is 0 Å². The molecule has 0 spiro atoms. The summed E-state index contributed by atoms with van der Waals surface area (Å²) in [7, 11) is 0. The Balaban J connectivity index is 1.95. The van der Waals surface area contributed by atoms with Crippen LogP contribution in [-0.4, -0.2) is 14.5 Å². The van der Waals surface area contributed by atoms with Crippen LogP contribution in [0, 0.1) is 0 Å². The first kappa shape index (κ1) is 9.48. The highest BCUT2D eigenvalue weighted by atomic mass is 32.2. The van der Waals surface area contributed by atoms with Crippen molar-refractivity contribution in [3.8, 4) is 6.01 Å². The van der Waals surface area contributed by atoms with Gasteiger partial charge in [0.25, 0.3) is 0 Å². The molecule has 0 saturated heterocycles. The van der Waals surface area contributed by atoms with Gasteiger partial charge in [-0.05, 0) is 17.1 Å². The molecule has 2 aromatic rings. The summed E-state index contributed by atoms with van der Waals surface area (Å²) in [5.74, 6) is 0.857. The second-order valence-corrected chi connectivity index (χ2v) is 4.61. The quantitative estimate of drug-likeness (QED) is 0.814. The fourth-order valence-electron chi connectivity index (χ4n) is 0.980. The number of aromatic hydroxyl groups is 1. The van der Waals surface area contributed by atoms with Crippen molar-refractivity contribution in [1.82, 2.24) is 9.36 Å². The molecule has 0 aliphatic rings. The van der Waals surface area contributed by atoms with Crippen LogP contribution in [0.5, 0.6) is 6.01 Å². The predicted octanol–water partition coefficient (Wildman–Crippen LogP) is 2.54. The highest BCUT2D eigenvalue weighted by Crippen LogP contribution is 2.25. The van der Waals surface area contributed by atoms with Gasteiger partial charge in [0, 0.05) is 5.75 Å². The van der Waals surface area contributed by atoms with E-state index < -0.39 is 0 Å². The fourth-order valence-corrected chi connectivity index (χ4v) is 2.43. The summed E-state index contributed by atoms with van der Waals surface area (Å²) >= 11 is 2.80. The van der Waals surface area contributed by atoms with Crippen molar-refractivity contribution in [1.29, 1.82) is 0 Å². The van der Waals surface area contributed by atoms with Gasteiger partial charge in [-0.25, -0.2) is 0 Å². The zero-order chi connectivity index (χ0) is 9.80. The summed E-state index contributed by atoms with van der Waals surface area (Å²) in [6.07, 6.45) is 0. The number of hydrogen-bond acceptors (Lipinski definition) is 5. The highest BCUT2D eigenvalue weighted by Gasteiger charge is 2.02. The molecule has 0 amide bonds. The van der Waals surface area contributed by atoms with E-state index in [1.54, 1.807) is 11.8 Å². The normalized spacial score (nSPS) is 10.3. The molecule has 14 heavy (non-hydrogen) atoms. The Morgan fingerprint density at radius 2 is 2.07 bits per heavy atom. The number of hydrogen-bond donors (Lipinski definition) is 1. The minimum Gasteiger partial charge on any atom is -0.478 e. The third kappa shape index (κ3) is 2.46. The van der Waals surface area contributed by atoms with Crippen LogP contribution in [0.4, 0.5) is 0 Å². The number of rotatable bonds is 3. The molecule has 0 fully saturated rings. The van der Waals surface area contributed by atoms with Crippen molar-refractivity contribution < 1.29 is 5.11 Å². The monoisotopic (exact) mass is 224 g/mol. The van der Waals surface area contributed by atoms with E-state index in [-0.39, 0.29) is 6.01 Å². The molecule has 0 unspecified atom stereocenters. The lowest BCUT2D eigenvalue weighted by atomic mass is 10.2. The van der Waals surface area contributed by atoms with Gasteiger partial charge in [0.15, 0.2) is 4.34 Å². The van der Waals surface area contributed by atoms with Gasteiger partial charge in [-0.1, -0.05) is 42.1 Å². The Hall–Kier alpha value is -1.07. The van der Waals surface area contributed by atoms with Crippen LogP contribution in [-0.2, 0) is 5.75 Å². The average molecular weight is 224 g/mol. The van der Waals surface area contributed by atoms with Gasteiger partial charge in [-0.2, -0.15) is 4.98 Å². The smallest absolute Gasteiger partial charge is 0.326 e. The number of aromatic nitrogens is 2. The van der Waals surface area contributed by atoms with Crippen LogP contribution in [0.2, 0.25) is 0 Å². The van der Waals surface area contributed by atoms with Crippen LogP contribution < -0.4 is 0 Å². The molecule has 1 aromatic heterocycles. The Labute approximate surface area is 90.0 Å². The van der Waals surface area contributed by atoms with E-state index in [4.69, 9.17) is 5.11 Å². The summed E-state index contributed by atoms with van der Waals surface area (Å²) in [5.41, 5.74) is 1.24. The van der Waals surface area contributed by atoms with E-state index >= 15 is 0 Å². The van der Waals surface area contributed by atoms with Crippen molar-refractivity contribution >= 4 is 23.3 Å². The van der Waals surface area contributed by atoms with Gasteiger partial charge in [0.05, 0.1) is 0 Å². The molecule has 1 aromatic carbocycles. The third-order valence-corrected chi connectivity index (χ3v) is 3.50. The molecule has 0 aliphatic carbocycles. The van der Waals surface area contributed by atoms with Gasteiger partial charge >= 0.3 is 6.01 Å². The standard InChI is InChI=1S/C9H8N2OS2/c12-8-10-9(14-11-8)13-6-7-4-2-1-3-5-7/h1-5H,6H2,(H,11,12). The molecule has 0 radical (unpaired) electrons. The predicted molar refractivity (Wildman–Crippen MR) is 57.6 cm³/mol. The first-order valence-corrected chi connectivity index (χ1v) is 5.80. The third-order valence-electron chi connectivity index (χ3n) is 1.60. The van der Waals surface area contributed by atoms with Gasteiger partial charge in [0.2, 0.25) is 0 Å². The van der Waals surface area contributed by atoms with Gasteiger partial charge in [-0.3, -0.25) is 0 Å². The lowest BCUT2D eigenvalue weighted by molar-refractivity contribution is 0.436. The van der Waals surface area contributed by atoms with Crippen LogP contribution >= 0.6 is 23.3 Å². The average Bonchev–Trinajstić information content (AvgIpc) is 2.63. The van der Waals surface area contributed by atoms with E-state index in [2.05, 4.69) is 21.5 Å². The Morgan fingerprint density at radius 1 is 1.29 bits per heavy atom. The minimum atomic E-state index is -0.134. The Kier molecular flexibility index (Phi) is 3.00. The molecule has 1 heterocycles. The van der Waals surface area contributed by atoms with Crippen molar-refractivity contribution in [2.45, 2.75) is 10.1 Å². The maximum Gasteiger partial charge on any atom is 0.326 e. The lowest BCUT2D eigenvalue weighted by Crippen LogP contribution is -1.77. The molecule has 0 atom stereocenters. The molecular formula is C9H8N2OS2. The molecule has 0 aliphatic heterocycles. The van der Waals surface area contributed by atoms with E-state index in [9.17, 15) is 0 Å². The molecular weight excluding hydrogens is 216 g/mol. The second-order valence-electron chi connectivity index (χ2n) is 2.63. The zero-order valence-corrected chi connectivity index (χ0v) is 8.88. The summed E-state index contributed by atoms with van der Waals surface area (Å²) in [4.78, 5) is 3.85. The van der Waals surface area contributed by atoms with Gasteiger partial charge in [0.1, 0.15) is 0 Å². The summed E-state index contributed by atoms with van der Waals surface area (Å²) in [6.45, 7) is 0.